The highest BCUT2D eigenvalue weighted by Crippen LogP contribution is 2.72. The van der Waals surface area contributed by atoms with Gasteiger partial charge in [-0.1, -0.05) is 64.0 Å². The fourth-order valence-electron chi connectivity index (χ4n) is 9.02. The zero-order valence-corrected chi connectivity index (χ0v) is 22.8. The van der Waals surface area contributed by atoms with Gasteiger partial charge >= 0.3 is 11.9 Å². The number of rotatable bonds is 5. The van der Waals surface area contributed by atoms with Crippen LogP contribution in [-0.4, -0.2) is 40.1 Å². The fourth-order valence-corrected chi connectivity index (χ4v) is 9.02. The molecule has 4 rings (SSSR count). The molecule has 2 fully saturated rings. The number of carbonyl (C=O) groups is 3. The number of carboxylic acids is 1. The molecule has 8 atom stereocenters. The van der Waals surface area contributed by atoms with Gasteiger partial charge in [0.15, 0.2) is 5.78 Å². The SMILES string of the molecule is CC(=O)O[C@H]1[C@@H]2C(C)(C)C(=O)C=C[C@]2(C)[C@H]2CC[C@]3(C)C(=CC[C@H]3/C(C)=C\CCC(=O)O)[C@]2(C)[C@@H]1O. The highest BCUT2D eigenvalue weighted by atomic mass is 16.6. The van der Waals surface area contributed by atoms with Crippen LogP contribution >= 0.6 is 0 Å². The Labute approximate surface area is 214 Å². The van der Waals surface area contributed by atoms with Crippen molar-refractivity contribution in [2.45, 2.75) is 92.8 Å². The molecule has 0 spiro atoms. The predicted molar refractivity (Wildman–Crippen MR) is 137 cm³/mol. The minimum absolute atomic E-state index is 0.000784. The number of fused-ring (bicyclic) bond motifs is 5. The Morgan fingerprint density at radius 1 is 1.17 bits per heavy atom. The summed E-state index contributed by atoms with van der Waals surface area (Å²) in [4.78, 5) is 36.3. The maximum atomic E-state index is 13.0. The summed E-state index contributed by atoms with van der Waals surface area (Å²) in [7, 11) is 0. The molecule has 0 aromatic carbocycles. The molecule has 36 heavy (non-hydrogen) atoms. The molecule has 6 nitrogen and oxygen atoms in total. The maximum absolute atomic E-state index is 13.0. The van der Waals surface area contributed by atoms with Gasteiger partial charge < -0.3 is 14.9 Å². The Kier molecular flexibility index (Phi) is 6.47. The molecule has 0 aliphatic heterocycles. The number of allylic oxidation sites excluding steroid dienone is 5. The Morgan fingerprint density at radius 3 is 2.44 bits per heavy atom. The first-order chi connectivity index (χ1) is 16.6. The van der Waals surface area contributed by atoms with Gasteiger partial charge in [0, 0.05) is 30.1 Å². The number of ketones is 1. The minimum Gasteiger partial charge on any atom is -0.481 e. The highest BCUT2D eigenvalue weighted by Gasteiger charge is 2.71. The second kappa shape index (κ2) is 8.68. The molecular formula is C30H42O6. The Bertz CT molecular complexity index is 1070. The minimum atomic E-state index is -0.941. The standard InChI is InChI=1S/C30H42O6/c1-17(9-8-10-23(33)34)19-11-12-20-28(19,5)15-13-21-29(6)16-14-22(32)27(3,4)25(29)24(36-18(2)31)26(35)30(20,21)7/h9,12,14,16,19,21,24-26,35H,8,10-11,13,15H2,1-7H3,(H,33,34)/b17-9-/t19-,21+,24-,25+,26+,28-,29+,30-/m0/s1. The van der Waals surface area contributed by atoms with Crippen LogP contribution in [-0.2, 0) is 19.1 Å². The quantitative estimate of drug-likeness (QED) is 0.396. The number of carbonyl (C=O) groups excluding carboxylic acids is 2. The molecule has 0 amide bonds. The van der Waals surface area contributed by atoms with Crippen molar-refractivity contribution >= 4 is 17.7 Å². The molecule has 0 aromatic rings. The van der Waals surface area contributed by atoms with Crippen LogP contribution in [0.3, 0.4) is 0 Å². The van der Waals surface area contributed by atoms with Crippen molar-refractivity contribution in [3.63, 3.8) is 0 Å². The molecule has 0 saturated heterocycles. The predicted octanol–water partition coefficient (Wildman–Crippen LogP) is 5.26. The van der Waals surface area contributed by atoms with E-state index in [0.29, 0.717) is 6.42 Å². The van der Waals surface area contributed by atoms with Crippen molar-refractivity contribution < 1.29 is 29.3 Å². The summed E-state index contributed by atoms with van der Waals surface area (Å²) >= 11 is 0. The zero-order chi connectivity index (χ0) is 26.8. The van der Waals surface area contributed by atoms with Gasteiger partial charge in [0.2, 0.25) is 0 Å². The van der Waals surface area contributed by atoms with Crippen molar-refractivity contribution in [2.75, 3.05) is 0 Å². The first-order valence-corrected chi connectivity index (χ1v) is 13.3. The summed E-state index contributed by atoms with van der Waals surface area (Å²) in [6.07, 6.45) is 9.63. The third kappa shape index (κ3) is 3.66. The van der Waals surface area contributed by atoms with E-state index in [-0.39, 0.29) is 35.4 Å². The Balaban J connectivity index is 1.80. The van der Waals surface area contributed by atoms with E-state index < -0.39 is 40.4 Å². The zero-order valence-electron chi connectivity index (χ0n) is 22.8. The van der Waals surface area contributed by atoms with Crippen molar-refractivity contribution in [1.82, 2.24) is 0 Å². The van der Waals surface area contributed by atoms with Crippen molar-refractivity contribution in [3.05, 3.63) is 35.5 Å². The van der Waals surface area contributed by atoms with Crippen LogP contribution in [0.2, 0.25) is 0 Å². The fraction of sp³-hybridized carbons (Fsp3) is 0.700. The van der Waals surface area contributed by atoms with E-state index in [1.807, 2.05) is 19.9 Å². The van der Waals surface area contributed by atoms with Gasteiger partial charge in [0.25, 0.3) is 0 Å². The summed E-state index contributed by atoms with van der Waals surface area (Å²) in [6.45, 7) is 13.9. The second-order valence-corrected chi connectivity index (χ2v) is 12.9. The second-order valence-electron chi connectivity index (χ2n) is 12.9. The van der Waals surface area contributed by atoms with Crippen molar-refractivity contribution in [2.24, 2.45) is 39.4 Å². The third-order valence-electron chi connectivity index (χ3n) is 10.6. The smallest absolute Gasteiger partial charge is 0.303 e. The molecule has 2 saturated carbocycles. The Morgan fingerprint density at radius 2 is 1.83 bits per heavy atom. The normalized spacial score (nSPS) is 43.2. The van der Waals surface area contributed by atoms with Crippen LogP contribution in [0, 0.1) is 39.4 Å². The number of ether oxygens (including phenoxy) is 1. The van der Waals surface area contributed by atoms with Gasteiger partial charge in [0.05, 0.1) is 0 Å². The lowest BCUT2D eigenvalue weighted by molar-refractivity contribution is -0.228. The van der Waals surface area contributed by atoms with Gasteiger partial charge in [-0.15, -0.1) is 0 Å². The molecule has 0 bridgehead atoms. The lowest BCUT2D eigenvalue weighted by Crippen LogP contribution is -2.70. The first kappa shape index (κ1) is 26.8. The highest BCUT2D eigenvalue weighted by molar-refractivity contribution is 5.96. The van der Waals surface area contributed by atoms with Crippen molar-refractivity contribution in [3.8, 4) is 0 Å². The topological polar surface area (TPSA) is 101 Å². The van der Waals surface area contributed by atoms with E-state index in [0.717, 1.165) is 19.3 Å². The number of esters is 1. The lowest BCUT2D eigenvalue weighted by Gasteiger charge is -2.67. The maximum Gasteiger partial charge on any atom is 0.303 e. The average Bonchev–Trinajstić information content (AvgIpc) is 3.12. The Hall–Kier alpha value is -2.21. The first-order valence-electron chi connectivity index (χ1n) is 13.3. The van der Waals surface area contributed by atoms with Crippen LogP contribution in [0.25, 0.3) is 0 Å². The van der Waals surface area contributed by atoms with Gasteiger partial charge in [-0.3, -0.25) is 14.4 Å². The van der Waals surface area contributed by atoms with E-state index >= 15 is 0 Å². The number of hydrogen-bond acceptors (Lipinski definition) is 5. The van der Waals surface area contributed by atoms with Crippen LogP contribution in [0.5, 0.6) is 0 Å². The molecule has 198 valence electrons. The number of hydrogen-bond donors (Lipinski definition) is 2. The average molecular weight is 499 g/mol. The third-order valence-corrected chi connectivity index (χ3v) is 10.6. The molecule has 0 aromatic heterocycles. The molecule has 4 aliphatic rings. The van der Waals surface area contributed by atoms with Gasteiger partial charge in [-0.2, -0.15) is 0 Å². The molecule has 6 heteroatoms. The van der Waals surface area contributed by atoms with Crippen molar-refractivity contribution in [1.29, 1.82) is 0 Å². The lowest BCUT2D eigenvalue weighted by atomic mass is 9.38. The summed E-state index contributed by atoms with van der Waals surface area (Å²) in [6, 6.07) is 0. The van der Waals surface area contributed by atoms with Crippen LogP contribution in [0.1, 0.15) is 80.6 Å². The molecular weight excluding hydrogens is 456 g/mol. The molecule has 4 aliphatic carbocycles. The van der Waals surface area contributed by atoms with Crippen LogP contribution in [0.15, 0.2) is 35.5 Å². The molecule has 0 radical (unpaired) electrons. The van der Waals surface area contributed by atoms with Crippen LogP contribution in [0.4, 0.5) is 0 Å². The van der Waals surface area contributed by atoms with Gasteiger partial charge in [-0.25, -0.2) is 0 Å². The number of aliphatic hydroxyl groups excluding tert-OH is 1. The molecule has 2 N–H and O–H groups in total. The number of carboxylic acid groups (broad SMARTS) is 1. The summed E-state index contributed by atoms with van der Waals surface area (Å²) in [5, 5.41) is 21.2. The summed E-state index contributed by atoms with van der Waals surface area (Å²) < 4.78 is 5.90. The molecule has 0 unspecified atom stereocenters. The van der Waals surface area contributed by atoms with Gasteiger partial charge in [0.1, 0.15) is 12.2 Å². The monoisotopic (exact) mass is 498 g/mol. The largest absolute Gasteiger partial charge is 0.481 e. The summed E-state index contributed by atoms with van der Waals surface area (Å²) in [5.74, 6) is -1.26. The van der Waals surface area contributed by atoms with Gasteiger partial charge in [-0.05, 0) is 61.3 Å². The summed E-state index contributed by atoms with van der Waals surface area (Å²) in [5.41, 5.74) is 0.400. The van der Waals surface area contributed by atoms with E-state index in [2.05, 4.69) is 39.8 Å². The number of aliphatic hydroxyl groups is 1. The van der Waals surface area contributed by atoms with E-state index in [4.69, 9.17) is 9.84 Å². The van der Waals surface area contributed by atoms with Crippen LogP contribution < -0.4 is 0 Å². The van der Waals surface area contributed by atoms with E-state index in [9.17, 15) is 19.5 Å². The van der Waals surface area contributed by atoms with E-state index in [1.54, 1.807) is 6.08 Å². The van der Waals surface area contributed by atoms with E-state index in [1.165, 1.54) is 18.1 Å². The molecule has 0 heterocycles. The number of aliphatic carboxylic acids is 1.